The van der Waals surface area contributed by atoms with E-state index >= 15 is 0 Å². The number of hydrogen-bond donors (Lipinski definition) is 1. The molecule has 5 heteroatoms. The minimum Gasteiger partial charge on any atom is -0.352 e. The van der Waals surface area contributed by atoms with Crippen molar-refractivity contribution >= 4 is 23.2 Å². The van der Waals surface area contributed by atoms with E-state index in [0.717, 1.165) is 16.9 Å². The molecule has 2 heterocycles. The minimum atomic E-state index is -0.697. The van der Waals surface area contributed by atoms with E-state index in [0.29, 0.717) is 6.54 Å². The summed E-state index contributed by atoms with van der Waals surface area (Å²) in [7, 11) is 0. The number of amides is 2. The van der Waals surface area contributed by atoms with Crippen LogP contribution in [-0.2, 0) is 4.79 Å². The molecular weight excluding hydrogens is 260 g/mol. The molecule has 104 valence electrons. The lowest BCUT2D eigenvalue weighted by Crippen LogP contribution is -2.67. The number of nitrogens with one attached hydrogen (secondary N) is 1. The average molecular weight is 280 g/mol. The smallest absolute Gasteiger partial charge is 0.265 e. The normalized spacial score (nSPS) is 22.3. The van der Waals surface area contributed by atoms with Gasteiger partial charge in [0.15, 0.2) is 0 Å². The SMILES string of the molecule is Cc1ccsc1C(=O)N1CCC1(C)C(=O)NC(C)C. The molecule has 1 aliphatic heterocycles. The summed E-state index contributed by atoms with van der Waals surface area (Å²) in [5, 5.41) is 4.81. The topological polar surface area (TPSA) is 49.4 Å². The van der Waals surface area contributed by atoms with Crippen molar-refractivity contribution in [1.29, 1.82) is 0 Å². The number of hydrogen-bond acceptors (Lipinski definition) is 3. The van der Waals surface area contributed by atoms with E-state index in [1.54, 1.807) is 4.90 Å². The Hall–Kier alpha value is -1.36. The minimum absolute atomic E-state index is 0.0276. The van der Waals surface area contributed by atoms with Crippen LogP contribution in [0.15, 0.2) is 11.4 Å². The molecule has 0 aromatic carbocycles. The van der Waals surface area contributed by atoms with Gasteiger partial charge in [-0.05, 0) is 51.1 Å². The van der Waals surface area contributed by atoms with Crippen molar-refractivity contribution in [2.75, 3.05) is 6.54 Å². The zero-order chi connectivity index (χ0) is 14.2. The molecule has 4 nitrogen and oxygen atoms in total. The van der Waals surface area contributed by atoms with Crippen LogP contribution in [-0.4, -0.2) is 34.8 Å². The zero-order valence-corrected chi connectivity index (χ0v) is 12.6. The molecule has 0 spiro atoms. The third kappa shape index (κ3) is 2.39. The van der Waals surface area contributed by atoms with Crippen molar-refractivity contribution in [2.45, 2.75) is 45.7 Å². The molecule has 2 amide bonds. The van der Waals surface area contributed by atoms with Crippen LogP contribution in [0.25, 0.3) is 0 Å². The van der Waals surface area contributed by atoms with Crippen LogP contribution >= 0.6 is 11.3 Å². The van der Waals surface area contributed by atoms with Gasteiger partial charge in [-0.2, -0.15) is 0 Å². The molecule has 0 bridgehead atoms. The first kappa shape index (κ1) is 14.1. The molecular formula is C14H20N2O2S. The van der Waals surface area contributed by atoms with Gasteiger partial charge in [-0.25, -0.2) is 0 Å². The van der Waals surface area contributed by atoms with E-state index in [9.17, 15) is 9.59 Å². The van der Waals surface area contributed by atoms with Crippen molar-refractivity contribution in [1.82, 2.24) is 10.2 Å². The molecule has 0 radical (unpaired) electrons. The van der Waals surface area contributed by atoms with Gasteiger partial charge in [0.05, 0.1) is 4.88 Å². The van der Waals surface area contributed by atoms with E-state index in [1.807, 2.05) is 39.1 Å². The molecule has 0 aliphatic carbocycles. The van der Waals surface area contributed by atoms with E-state index < -0.39 is 5.54 Å². The summed E-state index contributed by atoms with van der Waals surface area (Å²) in [5.41, 5.74) is 0.283. The second-order valence-corrected chi connectivity index (χ2v) is 6.46. The maximum absolute atomic E-state index is 12.5. The Balaban J connectivity index is 2.16. The third-order valence-corrected chi connectivity index (χ3v) is 4.63. The average Bonchev–Trinajstić information content (AvgIpc) is 2.71. The highest BCUT2D eigenvalue weighted by atomic mass is 32.1. The quantitative estimate of drug-likeness (QED) is 0.922. The maximum Gasteiger partial charge on any atom is 0.265 e. The number of aryl methyl sites for hydroxylation is 1. The van der Waals surface area contributed by atoms with Crippen molar-refractivity contribution in [2.24, 2.45) is 0 Å². The van der Waals surface area contributed by atoms with Gasteiger partial charge in [0, 0.05) is 12.6 Å². The standard InChI is InChI=1S/C14H20N2O2S/c1-9(2)15-13(18)14(4)6-7-16(14)12(17)11-10(3)5-8-19-11/h5,8-9H,6-7H2,1-4H3,(H,15,18). The fourth-order valence-corrected chi connectivity index (χ4v) is 3.13. The van der Waals surface area contributed by atoms with Gasteiger partial charge in [-0.3, -0.25) is 9.59 Å². The lowest BCUT2D eigenvalue weighted by molar-refractivity contribution is -0.138. The molecule has 1 N–H and O–H groups in total. The highest BCUT2D eigenvalue weighted by Crippen LogP contribution is 2.33. The predicted molar refractivity (Wildman–Crippen MR) is 76.4 cm³/mol. The summed E-state index contributed by atoms with van der Waals surface area (Å²) >= 11 is 1.44. The summed E-state index contributed by atoms with van der Waals surface area (Å²) in [6.07, 6.45) is 0.724. The Kier molecular flexibility index (Phi) is 3.67. The highest BCUT2D eigenvalue weighted by Gasteiger charge is 2.49. The fraction of sp³-hybridized carbons (Fsp3) is 0.571. The second kappa shape index (κ2) is 4.96. The Bertz CT molecular complexity index is 509. The Morgan fingerprint density at radius 1 is 1.47 bits per heavy atom. The largest absolute Gasteiger partial charge is 0.352 e. The van der Waals surface area contributed by atoms with Crippen LogP contribution in [0, 0.1) is 6.92 Å². The van der Waals surface area contributed by atoms with Crippen molar-refractivity contribution in [3.63, 3.8) is 0 Å². The summed E-state index contributed by atoms with van der Waals surface area (Å²) in [5.74, 6) is -0.0866. The lowest BCUT2D eigenvalue weighted by Gasteiger charge is -2.49. The summed E-state index contributed by atoms with van der Waals surface area (Å²) in [6.45, 7) is 8.27. The number of carbonyl (C=O) groups excluding carboxylic acids is 2. The lowest BCUT2D eigenvalue weighted by atomic mass is 9.85. The van der Waals surface area contributed by atoms with Crippen LogP contribution in [0.4, 0.5) is 0 Å². The van der Waals surface area contributed by atoms with Gasteiger partial charge < -0.3 is 10.2 Å². The number of rotatable bonds is 3. The van der Waals surface area contributed by atoms with Crippen LogP contribution in [0.1, 0.15) is 42.4 Å². The number of thiophene rings is 1. The van der Waals surface area contributed by atoms with Gasteiger partial charge in [-0.1, -0.05) is 0 Å². The van der Waals surface area contributed by atoms with Crippen LogP contribution in [0.5, 0.6) is 0 Å². The Labute approximate surface area is 117 Å². The highest BCUT2D eigenvalue weighted by molar-refractivity contribution is 7.12. The first-order valence-electron chi connectivity index (χ1n) is 6.53. The molecule has 1 atom stereocenters. The molecule has 1 aromatic rings. The molecule has 1 unspecified atom stereocenters. The predicted octanol–water partition coefficient (Wildman–Crippen LogP) is 2.19. The van der Waals surface area contributed by atoms with E-state index in [4.69, 9.17) is 0 Å². The molecule has 1 saturated heterocycles. The zero-order valence-electron chi connectivity index (χ0n) is 11.8. The van der Waals surface area contributed by atoms with Crippen LogP contribution in [0.2, 0.25) is 0 Å². The van der Waals surface area contributed by atoms with E-state index in [2.05, 4.69) is 5.32 Å². The van der Waals surface area contributed by atoms with Crippen molar-refractivity contribution < 1.29 is 9.59 Å². The maximum atomic E-state index is 12.5. The van der Waals surface area contributed by atoms with Crippen molar-refractivity contribution in [3.05, 3.63) is 21.9 Å². The van der Waals surface area contributed by atoms with Gasteiger partial charge in [0.1, 0.15) is 5.54 Å². The number of nitrogens with zero attached hydrogens (tertiary/aromatic N) is 1. The monoisotopic (exact) mass is 280 g/mol. The molecule has 1 aromatic heterocycles. The van der Waals surface area contributed by atoms with E-state index in [1.165, 1.54) is 11.3 Å². The first-order valence-corrected chi connectivity index (χ1v) is 7.41. The molecule has 2 rings (SSSR count). The van der Waals surface area contributed by atoms with Gasteiger partial charge >= 0.3 is 0 Å². The van der Waals surface area contributed by atoms with Crippen molar-refractivity contribution in [3.8, 4) is 0 Å². The van der Waals surface area contributed by atoms with Gasteiger partial charge in [0.2, 0.25) is 5.91 Å². The van der Waals surface area contributed by atoms with Crippen LogP contribution in [0.3, 0.4) is 0 Å². The second-order valence-electron chi connectivity index (χ2n) is 5.54. The third-order valence-electron chi connectivity index (χ3n) is 3.63. The summed E-state index contributed by atoms with van der Waals surface area (Å²) in [6, 6.07) is 2.02. The van der Waals surface area contributed by atoms with Gasteiger partial charge in [0.25, 0.3) is 5.91 Å². The summed E-state index contributed by atoms with van der Waals surface area (Å²) < 4.78 is 0. The fourth-order valence-electron chi connectivity index (χ4n) is 2.25. The molecule has 1 aliphatic rings. The van der Waals surface area contributed by atoms with Crippen LogP contribution < -0.4 is 5.32 Å². The molecule has 19 heavy (non-hydrogen) atoms. The van der Waals surface area contributed by atoms with E-state index in [-0.39, 0.29) is 17.9 Å². The Morgan fingerprint density at radius 3 is 2.58 bits per heavy atom. The number of likely N-dealkylation sites (tertiary alicyclic amines) is 1. The number of carbonyl (C=O) groups is 2. The Morgan fingerprint density at radius 2 is 2.16 bits per heavy atom. The van der Waals surface area contributed by atoms with Gasteiger partial charge in [-0.15, -0.1) is 11.3 Å². The summed E-state index contributed by atoms with van der Waals surface area (Å²) in [4.78, 5) is 27.1. The first-order chi connectivity index (χ1) is 8.86. The molecule has 1 fully saturated rings. The molecule has 0 saturated carbocycles.